The smallest absolute Gasteiger partial charge is 0.311 e. The molecule has 0 aromatic heterocycles. The van der Waals surface area contributed by atoms with Crippen molar-refractivity contribution in [1.29, 1.82) is 0 Å². The van der Waals surface area contributed by atoms with Gasteiger partial charge in [-0.3, -0.25) is 14.4 Å². The van der Waals surface area contributed by atoms with E-state index in [1.165, 1.54) is 0 Å². The van der Waals surface area contributed by atoms with Crippen molar-refractivity contribution >= 4 is 17.7 Å². The lowest BCUT2D eigenvalue weighted by Gasteiger charge is -2.59. The molecule has 2 bridgehead atoms. The summed E-state index contributed by atoms with van der Waals surface area (Å²) < 4.78 is 5.68. The zero-order valence-electron chi connectivity index (χ0n) is 22.7. The van der Waals surface area contributed by atoms with Crippen molar-refractivity contribution in [3.63, 3.8) is 0 Å². The van der Waals surface area contributed by atoms with E-state index in [0.717, 1.165) is 37.7 Å². The summed E-state index contributed by atoms with van der Waals surface area (Å²) in [6, 6.07) is 3.44. The van der Waals surface area contributed by atoms with Crippen LogP contribution in [0, 0.1) is 27.4 Å². The predicted octanol–water partition coefficient (Wildman–Crippen LogP) is 5.32. The number of benzene rings is 1. The number of nitrogens with zero attached hydrogens (tertiary/aromatic N) is 1. The lowest BCUT2D eigenvalue weighted by atomic mass is 9.44. The monoisotopic (exact) mass is 533 g/mol. The highest BCUT2D eigenvalue weighted by molar-refractivity contribution is 5.86. The Bertz CT molecular complexity index is 1080. The van der Waals surface area contributed by atoms with Gasteiger partial charge in [0.2, 0.25) is 0 Å². The van der Waals surface area contributed by atoms with Crippen LogP contribution in [0.2, 0.25) is 0 Å². The van der Waals surface area contributed by atoms with Crippen LogP contribution in [0.1, 0.15) is 103 Å². The first-order valence-corrected chi connectivity index (χ1v) is 13.3. The second kappa shape index (κ2) is 11.7. The van der Waals surface area contributed by atoms with E-state index in [1.807, 2.05) is 13.8 Å². The van der Waals surface area contributed by atoms with Gasteiger partial charge < -0.3 is 19.8 Å². The summed E-state index contributed by atoms with van der Waals surface area (Å²) in [7, 11) is 0. The first kappa shape index (κ1) is 29.4. The number of aromatic hydroxyl groups is 1. The topological polar surface area (TPSA) is 153 Å². The van der Waals surface area contributed by atoms with Crippen LogP contribution in [-0.2, 0) is 24.6 Å². The highest BCUT2D eigenvalue weighted by Crippen LogP contribution is 2.64. The van der Waals surface area contributed by atoms with Crippen LogP contribution in [0.25, 0.3) is 0 Å². The number of carbonyl (C=O) groups excluding carboxylic acids is 2. The summed E-state index contributed by atoms with van der Waals surface area (Å²) in [5.74, 6) is -1.60. The fourth-order valence-electron chi connectivity index (χ4n) is 6.14. The molecule has 0 amide bonds. The molecule has 3 saturated carbocycles. The molecule has 1 aromatic carbocycles. The average molecular weight is 534 g/mol. The Morgan fingerprint density at radius 1 is 1.16 bits per heavy atom. The molecule has 4 rings (SSSR count). The second-order valence-electron chi connectivity index (χ2n) is 11.9. The number of aliphatic carboxylic acids is 1. The number of phenols is 1. The molecule has 0 aliphatic heterocycles. The minimum atomic E-state index is -1.11. The van der Waals surface area contributed by atoms with E-state index in [-0.39, 0.29) is 66.3 Å². The van der Waals surface area contributed by atoms with Crippen LogP contribution in [0.4, 0.5) is 0 Å². The molecule has 0 spiro atoms. The Morgan fingerprint density at radius 2 is 1.84 bits per heavy atom. The predicted molar refractivity (Wildman–Crippen MR) is 137 cm³/mol. The Morgan fingerprint density at radius 3 is 2.45 bits per heavy atom. The minimum absolute atomic E-state index is 0.0109. The Balaban J connectivity index is 1.82. The van der Waals surface area contributed by atoms with Crippen molar-refractivity contribution in [2.45, 2.75) is 96.8 Å². The van der Waals surface area contributed by atoms with Gasteiger partial charge >= 0.3 is 11.9 Å². The van der Waals surface area contributed by atoms with Gasteiger partial charge in [-0.1, -0.05) is 47.0 Å². The SMILES string of the molecule is CC(C)(CCCCCCO[N+](=O)[O-])c1cc(O)c([C@@H]2CC(=O)[C@@H]3C[C@@H]2C3(C)C)c(OC(=O)CCC(=O)O)c1. The van der Waals surface area contributed by atoms with Gasteiger partial charge in [0, 0.05) is 23.8 Å². The first-order valence-electron chi connectivity index (χ1n) is 13.3. The Kier molecular flexibility index (Phi) is 9.05. The molecule has 0 unspecified atom stereocenters. The number of carboxylic acids is 1. The largest absolute Gasteiger partial charge is 0.508 e. The van der Waals surface area contributed by atoms with Crippen molar-refractivity contribution in [1.82, 2.24) is 0 Å². The van der Waals surface area contributed by atoms with Gasteiger partial charge in [-0.15, -0.1) is 10.1 Å². The molecule has 1 aromatic rings. The van der Waals surface area contributed by atoms with Crippen LogP contribution < -0.4 is 4.74 Å². The van der Waals surface area contributed by atoms with Crippen LogP contribution in [0.3, 0.4) is 0 Å². The second-order valence-corrected chi connectivity index (χ2v) is 11.9. The van der Waals surface area contributed by atoms with Gasteiger partial charge in [0.25, 0.3) is 5.09 Å². The van der Waals surface area contributed by atoms with Gasteiger partial charge in [-0.05, 0) is 53.7 Å². The molecule has 3 aliphatic rings. The minimum Gasteiger partial charge on any atom is -0.508 e. The van der Waals surface area contributed by atoms with E-state index in [0.29, 0.717) is 12.0 Å². The molecule has 10 nitrogen and oxygen atoms in total. The highest BCUT2D eigenvalue weighted by atomic mass is 16.9. The van der Waals surface area contributed by atoms with Gasteiger partial charge in [0.1, 0.15) is 17.3 Å². The maximum Gasteiger partial charge on any atom is 0.311 e. The molecule has 3 atom stereocenters. The summed E-state index contributed by atoms with van der Waals surface area (Å²) in [4.78, 5) is 50.9. The lowest BCUT2D eigenvalue weighted by molar-refractivity contribution is -0.757. The molecule has 0 heterocycles. The van der Waals surface area contributed by atoms with Crippen LogP contribution in [0.15, 0.2) is 12.1 Å². The third kappa shape index (κ3) is 6.63. The standard InChI is InChI=1S/C28H39NO9/c1-27(2,11-7-5-6-8-12-37-29(35)36)17-13-22(31)26(23(14-17)38-25(34)10-9-24(32)33)18-15-21(30)20-16-19(18)28(20,3)4/h13-14,18-20,31H,5-12,15-16H2,1-4H3,(H,32,33)/t18-,19+,20+/m1/s1. The number of unbranched alkanes of at least 4 members (excludes halogenated alkanes) is 3. The molecule has 0 saturated heterocycles. The summed E-state index contributed by atoms with van der Waals surface area (Å²) in [5, 5.41) is 29.7. The fraction of sp³-hybridized carbons (Fsp3) is 0.679. The molecule has 38 heavy (non-hydrogen) atoms. The van der Waals surface area contributed by atoms with E-state index in [4.69, 9.17) is 9.84 Å². The Labute approximate surface area is 222 Å². The summed E-state index contributed by atoms with van der Waals surface area (Å²) in [5.41, 5.74) is 0.617. The van der Waals surface area contributed by atoms with E-state index < -0.39 is 22.4 Å². The summed E-state index contributed by atoms with van der Waals surface area (Å²) in [6.07, 6.45) is 4.18. The van der Waals surface area contributed by atoms with Crippen molar-refractivity contribution in [3.8, 4) is 11.5 Å². The molecule has 0 radical (unpaired) electrons. The number of carboxylic acid groups (broad SMARTS) is 1. The number of hydrogen-bond acceptors (Lipinski definition) is 8. The van der Waals surface area contributed by atoms with Crippen LogP contribution in [-0.4, -0.2) is 39.6 Å². The summed E-state index contributed by atoms with van der Waals surface area (Å²) in [6.45, 7) is 8.25. The zero-order chi connectivity index (χ0) is 28.3. The molecule has 210 valence electrons. The number of carbonyl (C=O) groups is 3. The number of esters is 1. The maximum atomic E-state index is 12.8. The molecule has 3 aliphatic carbocycles. The van der Waals surface area contributed by atoms with Crippen LogP contribution >= 0.6 is 0 Å². The number of Topliss-reactive ketones (excluding diaryl/α,β-unsaturated/α-hetero) is 1. The van der Waals surface area contributed by atoms with E-state index in [2.05, 4.69) is 18.7 Å². The van der Waals surface area contributed by atoms with Crippen molar-refractivity contribution in [2.24, 2.45) is 17.3 Å². The normalized spacial score (nSPS) is 21.9. The summed E-state index contributed by atoms with van der Waals surface area (Å²) >= 11 is 0. The molecular weight excluding hydrogens is 494 g/mol. The third-order valence-corrected chi connectivity index (χ3v) is 8.57. The van der Waals surface area contributed by atoms with E-state index in [9.17, 15) is 29.6 Å². The van der Waals surface area contributed by atoms with Crippen LogP contribution in [0.5, 0.6) is 11.5 Å². The van der Waals surface area contributed by atoms with Gasteiger partial charge in [-0.25, -0.2) is 0 Å². The van der Waals surface area contributed by atoms with Gasteiger partial charge in [0.05, 0.1) is 19.4 Å². The number of rotatable bonds is 14. The lowest BCUT2D eigenvalue weighted by Crippen LogP contribution is -2.56. The molecule has 10 heteroatoms. The molecule has 2 N–H and O–H groups in total. The number of ether oxygens (including phenoxy) is 1. The van der Waals surface area contributed by atoms with Crippen molar-refractivity contribution < 1.29 is 39.3 Å². The molecular formula is C28H39NO9. The highest BCUT2D eigenvalue weighted by Gasteiger charge is 2.59. The number of hydrogen-bond donors (Lipinski definition) is 2. The number of ketones is 1. The number of phenolic OH excluding ortho intramolecular Hbond substituents is 1. The van der Waals surface area contributed by atoms with Crippen molar-refractivity contribution in [3.05, 3.63) is 33.4 Å². The third-order valence-electron chi connectivity index (χ3n) is 8.57. The van der Waals surface area contributed by atoms with E-state index >= 15 is 0 Å². The quantitative estimate of drug-likeness (QED) is 0.106. The van der Waals surface area contributed by atoms with E-state index in [1.54, 1.807) is 12.1 Å². The number of fused-ring (bicyclic) bond motifs is 2. The maximum absolute atomic E-state index is 12.8. The van der Waals surface area contributed by atoms with Gasteiger partial charge in [-0.2, -0.15) is 0 Å². The van der Waals surface area contributed by atoms with Crippen molar-refractivity contribution in [2.75, 3.05) is 6.61 Å². The average Bonchev–Trinajstić information content (AvgIpc) is 2.80. The molecule has 3 fully saturated rings. The Hall–Kier alpha value is -3.17. The zero-order valence-corrected chi connectivity index (χ0v) is 22.7. The first-order chi connectivity index (χ1) is 17.7. The fourth-order valence-corrected chi connectivity index (χ4v) is 6.14. The van der Waals surface area contributed by atoms with Gasteiger partial charge in [0.15, 0.2) is 0 Å².